The van der Waals surface area contributed by atoms with Crippen LogP contribution in [0.25, 0.3) is 0 Å². The minimum atomic E-state index is -0.538. The zero-order valence-corrected chi connectivity index (χ0v) is 22.0. The van der Waals surface area contributed by atoms with Crippen LogP contribution < -0.4 is 14.8 Å². The first-order valence-corrected chi connectivity index (χ1v) is 12.4. The van der Waals surface area contributed by atoms with E-state index in [1.54, 1.807) is 14.0 Å². The number of dihydropyridines is 1. The van der Waals surface area contributed by atoms with Crippen molar-refractivity contribution in [1.29, 1.82) is 0 Å². The van der Waals surface area contributed by atoms with Gasteiger partial charge in [0.2, 0.25) is 0 Å². The van der Waals surface area contributed by atoms with Gasteiger partial charge in [0.05, 0.1) is 19.3 Å². The highest BCUT2D eigenvalue weighted by Crippen LogP contribution is 2.48. The summed E-state index contributed by atoms with van der Waals surface area (Å²) in [5, 5.41) is 3.36. The maximum atomic E-state index is 13.4. The molecule has 6 heteroatoms. The number of benzene rings is 2. The molecule has 1 aliphatic heterocycles. The third-order valence-electron chi connectivity index (χ3n) is 6.77. The number of carbonyl (C=O) groups is 2. The van der Waals surface area contributed by atoms with E-state index in [4.69, 9.17) is 14.2 Å². The smallest absolute Gasteiger partial charge is 0.336 e. The molecule has 0 unspecified atom stereocenters. The first kappa shape index (κ1) is 25.5. The molecule has 2 aromatic rings. The Morgan fingerprint density at radius 2 is 1.78 bits per heavy atom. The van der Waals surface area contributed by atoms with Gasteiger partial charge in [0.25, 0.3) is 0 Å². The van der Waals surface area contributed by atoms with Crippen LogP contribution in [0.4, 0.5) is 0 Å². The fourth-order valence-electron chi connectivity index (χ4n) is 5.08. The van der Waals surface area contributed by atoms with Crippen LogP contribution in [0.2, 0.25) is 0 Å². The SMILES string of the molecule is CCOC(=O)C1=C(C)NC2=C(C(=O)CC(C)(C)C2)[C@H]1c1ccc(OCc2ccc(C)cc2)c(OC)c1. The third-order valence-corrected chi connectivity index (χ3v) is 6.77. The molecule has 0 spiro atoms. The van der Waals surface area contributed by atoms with E-state index in [1.807, 2.05) is 44.2 Å². The summed E-state index contributed by atoms with van der Waals surface area (Å²) in [7, 11) is 1.59. The van der Waals surface area contributed by atoms with Crippen molar-refractivity contribution in [2.75, 3.05) is 13.7 Å². The maximum absolute atomic E-state index is 13.4. The summed E-state index contributed by atoms with van der Waals surface area (Å²) in [6, 6.07) is 13.8. The van der Waals surface area contributed by atoms with Crippen molar-refractivity contribution >= 4 is 11.8 Å². The van der Waals surface area contributed by atoms with E-state index in [0.717, 1.165) is 23.2 Å². The molecular weight excluding hydrogens is 454 g/mol. The minimum Gasteiger partial charge on any atom is -0.493 e. The molecule has 190 valence electrons. The van der Waals surface area contributed by atoms with Gasteiger partial charge < -0.3 is 19.5 Å². The molecule has 0 saturated carbocycles. The van der Waals surface area contributed by atoms with Crippen molar-refractivity contribution in [2.45, 2.75) is 60.0 Å². The lowest BCUT2D eigenvalue weighted by atomic mass is 9.68. The number of methoxy groups -OCH3 is 1. The predicted octanol–water partition coefficient (Wildman–Crippen LogP) is 5.75. The second-order valence-corrected chi connectivity index (χ2v) is 10.3. The summed E-state index contributed by atoms with van der Waals surface area (Å²) in [6.45, 7) is 10.5. The monoisotopic (exact) mass is 489 g/mol. The van der Waals surface area contributed by atoms with E-state index in [9.17, 15) is 9.59 Å². The molecule has 0 saturated heterocycles. The van der Waals surface area contributed by atoms with Crippen molar-refractivity contribution < 1.29 is 23.8 Å². The summed E-state index contributed by atoms with van der Waals surface area (Å²) in [6.07, 6.45) is 1.15. The van der Waals surface area contributed by atoms with Crippen molar-refractivity contribution in [2.24, 2.45) is 5.41 Å². The van der Waals surface area contributed by atoms with Crippen molar-refractivity contribution in [3.63, 3.8) is 0 Å². The molecule has 2 aliphatic rings. The van der Waals surface area contributed by atoms with Gasteiger partial charge in [-0.15, -0.1) is 0 Å². The van der Waals surface area contributed by atoms with Gasteiger partial charge in [-0.2, -0.15) is 0 Å². The van der Waals surface area contributed by atoms with Crippen molar-refractivity contribution in [3.05, 3.63) is 81.7 Å². The lowest BCUT2D eigenvalue weighted by molar-refractivity contribution is -0.138. The normalized spacial score (nSPS) is 18.9. The summed E-state index contributed by atoms with van der Waals surface area (Å²) in [5.74, 6) is 0.232. The molecule has 1 heterocycles. The first-order valence-electron chi connectivity index (χ1n) is 12.4. The predicted molar refractivity (Wildman–Crippen MR) is 139 cm³/mol. The number of rotatable bonds is 7. The van der Waals surface area contributed by atoms with Crippen LogP contribution >= 0.6 is 0 Å². The standard InChI is InChI=1S/C30H35NO5/c1-7-35-29(33)26-19(3)31-22-15-30(4,5)16-23(32)28(22)27(26)21-12-13-24(25(14-21)34-6)36-17-20-10-8-18(2)9-11-20/h8-14,27,31H,7,15-17H2,1-6H3/t27-/m0/s1. The molecule has 1 atom stereocenters. The van der Waals surface area contributed by atoms with Crippen LogP contribution in [-0.4, -0.2) is 25.5 Å². The lowest BCUT2D eigenvalue weighted by Gasteiger charge is -2.39. The molecular formula is C30H35NO5. The quantitative estimate of drug-likeness (QED) is 0.499. The molecule has 0 aromatic heterocycles. The number of Topliss-reactive ketones (excluding diaryl/α,β-unsaturated/α-hetero) is 1. The number of hydrogen-bond donors (Lipinski definition) is 1. The second kappa shape index (κ2) is 10.2. The van der Waals surface area contributed by atoms with Gasteiger partial charge in [-0.05, 0) is 55.9 Å². The maximum Gasteiger partial charge on any atom is 0.336 e. The van der Waals surface area contributed by atoms with Gasteiger partial charge in [-0.25, -0.2) is 4.79 Å². The molecule has 1 N–H and O–H groups in total. The van der Waals surface area contributed by atoms with Crippen molar-refractivity contribution in [1.82, 2.24) is 5.32 Å². The molecule has 1 aliphatic carbocycles. The zero-order chi connectivity index (χ0) is 26.0. The van der Waals surface area contributed by atoms with Crippen LogP contribution in [0.5, 0.6) is 11.5 Å². The number of ketones is 1. The highest BCUT2D eigenvalue weighted by atomic mass is 16.5. The average molecular weight is 490 g/mol. The summed E-state index contributed by atoms with van der Waals surface area (Å²) < 4.78 is 17.2. The van der Waals surface area contributed by atoms with Gasteiger partial charge in [0, 0.05) is 29.3 Å². The van der Waals surface area contributed by atoms with Crippen molar-refractivity contribution in [3.8, 4) is 11.5 Å². The van der Waals surface area contributed by atoms with Crippen LogP contribution in [-0.2, 0) is 20.9 Å². The molecule has 0 bridgehead atoms. The van der Waals surface area contributed by atoms with E-state index in [-0.39, 0.29) is 17.8 Å². The number of hydrogen-bond acceptors (Lipinski definition) is 6. The molecule has 2 aromatic carbocycles. The highest BCUT2D eigenvalue weighted by molar-refractivity contribution is 6.04. The van der Waals surface area contributed by atoms with Gasteiger partial charge in [-0.1, -0.05) is 49.7 Å². The number of ether oxygens (including phenoxy) is 3. The Morgan fingerprint density at radius 3 is 2.44 bits per heavy atom. The fourth-order valence-corrected chi connectivity index (χ4v) is 5.08. The molecule has 0 radical (unpaired) electrons. The number of nitrogens with one attached hydrogen (secondary N) is 1. The Hall–Kier alpha value is -3.54. The second-order valence-electron chi connectivity index (χ2n) is 10.3. The van der Waals surface area contributed by atoms with E-state index in [1.165, 1.54) is 5.56 Å². The third kappa shape index (κ3) is 5.18. The molecule has 0 fully saturated rings. The minimum absolute atomic E-state index is 0.0479. The van der Waals surface area contributed by atoms with E-state index >= 15 is 0 Å². The Balaban J connectivity index is 1.73. The summed E-state index contributed by atoms with van der Waals surface area (Å²) in [4.78, 5) is 26.5. The topological polar surface area (TPSA) is 73.9 Å². The molecule has 0 amide bonds. The van der Waals surface area contributed by atoms with Gasteiger partial charge >= 0.3 is 5.97 Å². The van der Waals surface area contributed by atoms with Crippen LogP contribution in [0.3, 0.4) is 0 Å². The highest BCUT2D eigenvalue weighted by Gasteiger charge is 2.43. The molecule has 4 rings (SSSR count). The zero-order valence-electron chi connectivity index (χ0n) is 22.0. The molecule has 36 heavy (non-hydrogen) atoms. The lowest BCUT2D eigenvalue weighted by Crippen LogP contribution is -2.38. The largest absolute Gasteiger partial charge is 0.493 e. The summed E-state index contributed by atoms with van der Waals surface area (Å²) >= 11 is 0. The van der Waals surface area contributed by atoms with E-state index < -0.39 is 11.9 Å². The Bertz CT molecular complexity index is 1240. The van der Waals surface area contributed by atoms with Crippen LogP contribution in [0.1, 0.15) is 63.1 Å². The van der Waals surface area contributed by atoms with Crippen LogP contribution in [0, 0.1) is 12.3 Å². The van der Waals surface area contributed by atoms with Crippen LogP contribution in [0.15, 0.2) is 65.0 Å². The van der Waals surface area contributed by atoms with Gasteiger partial charge in [0.1, 0.15) is 6.61 Å². The number of esters is 1. The Morgan fingerprint density at radius 1 is 1.06 bits per heavy atom. The average Bonchev–Trinajstić information content (AvgIpc) is 2.82. The van der Waals surface area contributed by atoms with Gasteiger partial charge in [-0.3, -0.25) is 4.79 Å². The Kier molecular flexibility index (Phi) is 7.25. The van der Waals surface area contributed by atoms with E-state index in [0.29, 0.717) is 41.4 Å². The number of carbonyl (C=O) groups excluding carboxylic acids is 2. The number of aryl methyl sites for hydroxylation is 1. The first-order chi connectivity index (χ1) is 17.1. The molecule has 6 nitrogen and oxygen atoms in total. The van der Waals surface area contributed by atoms with Gasteiger partial charge in [0.15, 0.2) is 17.3 Å². The Labute approximate surface area is 213 Å². The fraction of sp³-hybridized carbons (Fsp3) is 0.400. The van der Waals surface area contributed by atoms with E-state index in [2.05, 4.69) is 31.3 Å². The number of allylic oxidation sites excluding steroid dienone is 3. The summed E-state index contributed by atoms with van der Waals surface area (Å²) in [5.41, 5.74) is 5.57.